The molecule has 6 N–H and O–H groups in total. The van der Waals surface area contributed by atoms with Gasteiger partial charge in [0.25, 0.3) is 0 Å². The standard InChI is InChI=1S/C3H10N3/c4-1-3(6)2-5/h1-2,4-6H2. The van der Waals surface area contributed by atoms with E-state index in [1.165, 1.54) is 0 Å². The topological polar surface area (TPSA) is 78.1 Å². The van der Waals surface area contributed by atoms with Crippen LogP contribution in [0, 0.1) is 6.04 Å². The molecule has 0 fully saturated rings. The highest BCUT2D eigenvalue weighted by Crippen LogP contribution is 1.73. The molecule has 0 amide bonds. The molecule has 37 valence electrons. The molecular weight excluding hydrogens is 78.1 g/mol. The van der Waals surface area contributed by atoms with Crippen molar-refractivity contribution in [1.82, 2.24) is 0 Å². The lowest BCUT2D eigenvalue weighted by Crippen LogP contribution is -2.28. The Bertz CT molecular complexity index is 25.2. The average Bonchev–Trinajstić information content (AvgIpc) is 1.65. The van der Waals surface area contributed by atoms with E-state index in [-0.39, 0.29) is 0 Å². The molecule has 0 heterocycles. The SMILES string of the molecule is NC[C](N)CN. The minimum atomic E-state index is 0.399. The smallest absolute Gasteiger partial charge is 0.0609 e. The first-order chi connectivity index (χ1) is 2.81. The molecule has 3 heteroatoms. The second-order valence-corrected chi connectivity index (χ2v) is 1.07. The molecule has 0 aliphatic heterocycles. The van der Waals surface area contributed by atoms with E-state index in [9.17, 15) is 0 Å². The van der Waals surface area contributed by atoms with Crippen LogP contribution in [0.15, 0.2) is 0 Å². The predicted octanol–water partition coefficient (Wildman–Crippen LogP) is -1.61. The quantitative estimate of drug-likeness (QED) is 0.380. The summed E-state index contributed by atoms with van der Waals surface area (Å²) in [5.74, 6) is 0. The fourth-order valence-corrected chi connectivity index (χ4v) is 0.0833. The zero-order valence-corrected chi connectivity index (χ0v) is 3.65. The van der Waals surface area contributed by atoms with Crippen molar-refractivity contribution in [3.05, 3.63) is 6.04 Å². The fraction of sp³-hybridized carbons (Fsp3) is 0.667. The van der Waals surface area contributed by atoms with Crippen LogP contribution in [0.4, 0.5) is 0 Å². The van der Waals surface area contributed by atoms with Gasteiger partial charge in [-0.3, -0.25) is 0 Å². The molecule has 3 nitrogen and oxygen atoms in total. The van der Waals surface area contributed by atoms with Crippen LogP contribution >= 0.6 is 0 Å². The van der Waals surface area contributed by atoms with Crippen LogP contribution in [0.2, 0.25) is 0 Å². The van der Waals surface area contributed by atoms with Crippen LogP contribution in [0.3, 0.4) is 0 Å². The van der Waals surface area contributed by atoms with E-state index >= 15 is 0 Å². The van der Waals surface area contributed by atoms with Crippen molar-refractivity contribution in [2.75, 3.05) is 13.1 Å². The third-order valence-corrected chi connectivity index (χ3v) is 0.524. The minimum absolute atomic E-state index is 0.399. The third kappa shape index (κ3) is 2.14. The zero-order chi connectivity index (χ0) is 4.99. The van der Waals surface area contributed by atoms with Gasteiger partial charge in [0, 0.05) is 13.1 Å². The molecule has 0 aliphatic carbocycles. The number of nitrogens with two attached hydrogens (primary N) is 3. The highest BCUT2D eigenvalue weighted by Gasteiger charge is 1.90. The van der Waals surface area contributed by atoms with Gasteiger partial charge in [-0.2, -0.15) is 0 Å². The van der Waals surface area contributed by atoms with Crippen molar-refractivity contribution < 1.29 is 0 Å². The summed E-state index contributed by atoms with van der Waals surface area (Å²) in [5.41, 5.74) is 15.2. The second kappa shape index (κ2) is 3.08. The highest BCUT2D eigenvalue weighted by atomic mass is 14.8. The Morgan fingerprint density at radius 2 is 1.50 bits per heavy atom. The minimum Gasteiger partial charge on any atom is -0.329 e. The Morgan fingerprint density at radius 1 is 1.17 bits per heavy atom. The molecule has 0 aromatic carbocycles. The molecule has 0 aromatic heterocycles. The van der Waals surface area contributed by atoms with Crippen molar-refractivity contribution in [2.45, 2.75) is 0 Å². The van der Waals surface area contributed by atoms with Crippen LogP contribution < -0.4 is 17.2 Å². The van der Waals surface area contributed by atoms with Crippen molar-refractivity contribution in [3.8, 4) is 0 Å². The Hall–Kier alpha value is -0.120. The maximum Gasteiger partial charge on any atom is 0.0609 e. The van der Waals surface area contributed by atoms with E-state index in [1.54, 1.807) is 0 Å². The number of rotatable bonds is 2. The first-order valence-electron chi connectivity index (χ1n) is 1.81. The maximum absolute atomic E-state index is 5.14. The Balaban J connectivity index is 2.75. The van der Waals surface area contributed by atoms with Crippen LogP contribution in [0.1, 0.15) is 0 Å². The summed E-state index contributed by atoms with van der Waals surface area (Å²) in [7, 11) is 0. The molecule has 1 radical (unpaired) electrons. The fourth-order valence-electron chi connectivity index (χ4n) is 0.0833. The molecule has 0 saturated carbocycles. The summed E-state index contributed by atoms with van der Waals surface area (Å²) in [6.45, 7) is 0.799. The first-order valence-corrected chi connectivity index (χ1v) is 1.81. The second-order valence-electron chi connectivity index (χ2n) is 1.07. The zero-order valence-electron chi connectivity index (χ0n) is 3.65. The summed E-state index contributed by atoms with van der Waals surface area (Å²) < 4.78 is 0. The van der Waals surface area contributed by atoms with Gasteiger partial charge in [0.05, 0.1) is 6.04 Å². The van der Waals surface area contributed by atoms with Gasteiger partial charge < -0.3 is 17.2 Å². The lowest BCUT2D eigenvalue weighted by atomic mass is 10.3. The van der Waals surface area contributed by atoms with Gasteiger partial charge in [-0.05, 0) is 0 Å². The number of hydrogen-bond donors (Lipinski definition) is 3. The number of hydrogen-bond acceptors (Lipinski definition) is 3. The summed E-state index contributed by atoms with van der Waals surface area (Å²) >= 11 is 0. The normalized spacial score (nSPS) is 10.0. The van der Waals surface area contributed by atoms with E-state index in [2.05, 4.69) is 0 Å². The molecule has 0 aliphatic rings. The van der Waals surface area contributed by atoms with Crippen LogP contribution in [0.5, 0.6) is 0 Å². The summed E-state index contributed by atoms with van der Waals surface area (Å²) in [6.07, 6.45) is 0. The maximum atomic E-state index is 5.14. The van der Waals surface area contributed by atoms with Gasteiger partial charge >= 0.3 is 0 Å². The van der Waals surface area contributed by atoms with Gasteiger partial charge in [-0.25, -0.2) is 0 Å². The van der Waals surface area contributed by atoms with Gasteiger partial charge in [0.1, 0.15) is 0 Å². The Kier molecular flexibility index (Phi) is 3.02. The van der Waals surface area contributed by atoms with Crippen molar-refractivity contribution >= 4 is 0 Å². The van der Waals surface area contributed by atoms with Crippen LogP contribution in [-0.2, 0) is 0 Å². The molecule has 0 atom stereocenters. The average molecular weight is 88.1 g/mol. The van der Waals surface area contributed by atoms with Crippen LogP contribution in [0.25, 0.3) is 0 Å². The lowest BCUT2D eigenvalue weighted by molar-refractivity contribution is 0.854. The first kappa shape index (κ1) is 5.88. The molecule has 0 spiro atoms. The van der Waals surface area contributed by atoms with Crippen molar-refractivity contribution in [3.63, 3.8) is 0 Å². The molecule has 0 saturated heterocycles. The van der Waals surface area contributed by atoms with E-state index in [0.717, 1.165) is 0 Å². The van der Waals surface area contributed by atoms with Gasteiger partial charge in [0.15, 0.2) is 0 Å². The molecular formula is C3H10N3. The monoisotopic (exact) mass is 88.1 g/mol. The van der Waals surface area contributed by atoms with Crippen molar-refractivity contribution in [1.29, 1.82) is 0 Å². The summed E-state index contributed by atoms with van der Waals surface area (Å²) in [4.78, 5) is 0. The van der Waals surface area contributed by atoms with E-state index in [0.29, 0.717) is 19.1 Å². The largest absolute Gasteiger partial charge is 0.329 e. The van der Waals surface area contributed by atoms with Crippen LogP contribution in [-0.4, -0.2) is 13.1 Å². The lowest BCUT2D eigenvalue weighted by Gasteiger charge is -1.98. The van der Waals surface area contributed by atoms with Gasteiger partial charge in [0.2, 0.25) is 0 Å². The molecule has 0 bridgehead atoms. The molecule has 0 rings (SSSR count). The molecule has 6 heavy (non-hydrogen) atoms. The molecule has 0 aromatic rings. The summed E-state index contributed by atoms with van der Waals surface area (Å²) in [6, 6.07) is 0.648. The molecule has 0 unspecified atom stereocenters. The highest BCUT2D eigenvalue weighted by molar-refractivity contribution is 4.83. The Labute approximate surface area is 37.5 Å². The van der Waals surface area contributed by atoms with E-state index < -0.39 is 0 Å². The van der Waals surface area contributed by atoms with Crippen molar-refractivity contribution in [2.24, 2.45) is 17.2 Å². The summed E-state index contributed by atoms with van der Waals surface area (Å²) in [5, 5.41) is 0. The van der Waals surface area contributed by atoms with E-state index in [1.807, 2.05) is 0 Å². The van der Waals surface area contributed by atoms with Gasteiger partial charge in [-0.1, -0.05) is 0 Å². The van der Waals surface area contributed by atoms with E-state index in [4.69, 9.17) is 17.2 Å². The third-order valence-electron chi connectivity index (χ3n) is 0.524. The van der Waals surface area contributed by atoms with Gasteiger partial charge in [-0.15, -0.1) is 0 Å². The predicted molar refractivity (Wildman–Crippen MR) is 25.5 cm³/mol. The Morgan fingerprint density at radius 3 is 1.50 bits per heavy atom.